The Bertz CT molecular complexity index is 687. The van der Waals surface area contributed by atoms with Crippen molar-refractivity contribution in [2.75, 3.05) is 11.9 Å². The quantitative estimate of drug-likeness (QED) is 0.754. The fourth-order valence-corrected chi connectivity index (χ4v) is 3.16. The molecule has 0 aliphatic heterocycles. The van der Waals surface area contributed by atoms with Crippen LogP contribution in [0, 0.1) is 5.82 Å². The summed E-state index contributed by atoms with van der Waals surface area (Å²) < 4.78 is 14.8. The first kappa shape index (κ1) is 14.9. The Balaban J connectivity index is 2.10. The molecule has 21 heavy (non-hydrogen) atoms. The number of nitrogens with one attached hydrogen (secondary N) is 1. The van der Waals surface area contributed by atoms with Crippen LogP contribution in [0.3, 0.4) is 0 Å². The second-order valence-electron chi connectivity index (χ2n) is 5.03. The van der Waals surface area contributed by atoms with Gasteiger partial charge in [-0.1, -0.05) is 0 Å². The number of anilines is 1. The van der Waals surface area contributed by atoms with Gasteiger partial charge >= 0.3 is 0 Å². The molecule has 1 aliphatic carbocycles. The Morgan fingerprint density at radius 2 is 2.05 bits per heavy atom. The Morgan fingerprint density at radius 1 is 1.29 bits per heavy atom. The van der Waals surface area contributed by atoms with Crippen molar-refractivity contribution in [3.05, 3.63) is 38.7 Å². The molecule has 0 saturated heterocycles. The maximum Gasteiger partial charge on any atom is 0.161 e. The Labute approximate surface area is 139 Å². The van der Waals surface area contributed by atoms with Crippen LogP contribution < -0.4 is 5.32 Å². The van der Waals surface area contributed by atoms with Gasteiger partial charge in [0.2, 0.25) is 0 Å². The summed E-state index contributed by atoms with van der Waals surface area (Å²) in [6.45, 7) is 2.81. The Hall–Kier alpha value is -1.01. The van der Waals surface area contributed by atoms with Crippen LogP contribution in [0.5, 0.6) is 0 Å². The van der Waals surface area contributed by atoms with Crippen molar-refractivity contribution in [2.24, 2.45) is 0 Å². The number of nitrogens with zero attached hydrogens (tertiary/aromatic N) is 2. The van der Waals surface area contributed by atoms with Crippen LogP contribution >= 0.6 is 31.9 Å². The molecule has 1 fully saturated rings. The van der Waals surface area contributed by atoms with Crippen LogP contribution in [-0.4, -0.2) is 16.5 Å². The molecule has 3 rings (SSSR count). The minimum absolute atomic E-state index is 0.287. The summed E-state index contributed by atoms with van der Waals surface area (Å²) in [4.78, 5) is 9.24. The molecular formula is C15H14Br2FN3. The molecule has 0 unspecified atom stereocenters. The fraction of sp³-hybridized carbons (Fsp3) is 0.333. The number of halogens is 3. The molecule has 0 atom stereocenters. The molecule has 0 amide bonds. The minimum Gasteiger partial charge on any atom is -0.369 e. The molecule has 0 radical (unpaired) electrons. The van der Waals surface area contributed by atoms with Gasteiger partial charge in [-0.15, -0.1) is 0 Å². The zero-order valence-electron chi connectivity index (χ0n) is 11.5. The molecule has 2 aromatic rings. The summed E-state index contributed by atoms with van der Waals surface area (Å²) in [6, 6.07) is 4.84. The number of hydrogen-bond acceptors (Lipinski definition) is 3. The highest BCUT2D eigenvalue weighted by Gasteiger charge is 2.29. The molecule has 1 heterocycles. The van der Waals surface area contributed by atoms with E-state index in [4.69, 9.17) is 0 Å². The van der Waals surface area contributed by atoms with Crippen molar-refractivity contribution in [3.63, 3.8) is 0 Å². The predicted molar refractivity (Wildman–Crippen MR) is 89.0 cm³/mol. The van der Waals surface area contributed by atoms with Crippen molar-refractivity contribution in [2.45, 2.75) is 25.7 Å². The molecule has 1 aromatic carbocycles. The van der Waals surface area contributed by atoms with E-state index in [0.717, 1.165) is 40.9 Å². The molecular weight excluding hydrogens is 401 g/mol. The molecule has 1 saturated carbocycles. The van der Waals surface area contributed by atoms with Crippen LogP contribution in [0.15, 0.2) is 27.1 Å². The van der Waals surface area contributed by atoms with Gasteiger partial charge in [0.05, 0.1) is 14.6 Å². The SMILES string of the molecule is CCNc1nc(-c2ccc(F)c(Br)c2)nc(C2CC2)c1Br. The van der Waals surface area contributed by atoms with Gasteiger partial charge in [0.1, 0.15) is 11.6 Å². The number of benzene rings is 1. The van der Waals surface area contributed by atoms with Gasteiger partial charge in [-0.3, -0.25) is 0 Å². The highest BCUT2D eigenvalue weighted by Crippen LogP contribution is 2.44. The van der Waals surface area contributed by atoms with Gasteiger partial charge in [0.15, 0.2) is 5.82 Å². The van der Waals surface area contributed by atoms with Crippen molar-refractivity contribution in [1.82, 2.24) is 9.97 Å². The second-order valence-corrected chi connectivity index (χ2v) is 6.68. The lowest BCUT2D eigenvalue weighted by Gasteiger charge is -2.12. The van der Waals surface area contributed by atoms with Gasteiger partial charge in [-0.2, -0.15) is 0 Å². The first-order valence-electron chi connectivity index (χ1n) is 6.87. The molecule has 6 heteroatoms. The van der Waals surface area contributed by atoms with E-state index >= 15 is 0 Å². The average molecular weight is 415 g/mol. The van der Waals surface area contributed by atoms with Crippen LogP contribution in [0.4, 0.5) is 10.2 Å². The van der Waals surface area contributed by atoms with Gasteiger partial charge in [0, 0.05) is 18.0 Å². The summed E-state index contributed by atoms with van der Waals surface area (Å²) >= 11 is 6.81. The van der Waals surface area contributed by atoms with Gasteiger partial charge in [-0.25, -0.2) is 14.4 Å². The zero-order valence-corrected chi connectivity index (χ0v) is 14.6. The van der Waals surface area contributed by atoms with E-state index in [2.05, 4.69) is 47.1 Å². The van der Waals surface area contributed by atoms with Crippen molar-refractivity contribution >= 4 is 37.7 Å². The molecule has 1 aliphatic rings. The molecule has 3 nitrogen and oxygen atoms in total. The molecule has 110 valence electrons. The van der Waals surface area contributed by atoms with E-state index in [1.807, 2.05) is 6.92 Å². The highest BCUT2D eigenvalue weighted by molar-refractivity contribution is 9.11. The lowest BCUT2D eigenvalue weighted by Crippen LogP contribution is -2.05. The summed E-state index contributed by atoms with van der Waals surface area (Å²) in [5, 5.41) is 3.25. The van der Waals surface area contributed by atoms with E-state index in [9.17, 15) is 4.39 Å². The minimum atomic E-state index is -0.287. The Kier molecular flexibility index (Phi) is 4.26. The van der Waals surface area contributed by atoms with Crippen molar-refractivity contribution in [1.29, 1.82) is 0 Å². The smallest absolute Gasteiger partial charge is 0.161 e. The average Bonchev–Trinajstić information content (AvgIpc) is 3.29. The van der Waals surface area contributed by atoms with Crippen molar-refractivity contribution in [3.8, 4) is 11.4 Å². The number of hydrogen-bond donors (Lipinski definition) is 1. The van der Waals surface area contributed by atoms with E-state index in [0.29, 0.717) is 16.2 Å². The van der Waals surface area contributed by atoms with E-state index < -0.39 is 0 Å². The predicted octanol–water partition coefficient (Wildman–Crippen LogP) is 5.12. The summed E-state index contributed by atoms with van der Waals surface area (Å²) in [5.41, 5.74) is 1.84. The largest absolute Gasteiger partial charge is 0.369 e. The maximum absolute atomic E-state index is 13.4. The van der Waals surface area contributed by atoms with Gasteiger partial charge in [0.25, 0.3) is 0 Å². The second kappa shape index (κ2) is 6.01. The topological polar surface area (TPSA) is 37.8 Å². The van der Waals surface area contributed by atoms with E-state index in [1.165, 1.54) is 6.07 Å². The molecule has 1 N–H and O–H groups in total. The van der Waals surface area contributed by atoms with Crippen LogP contribution in [-0.2, 0) is 0 Å². The third-order valence-corrected chi connectivity index (χ3v) is 4.75. The Morgan fingerprint density at radius 3 is 2.67 bits per heavy atom. The summed E-state index contributed by atoms with van der Waals surface area (Å²) in [5.74, 6) is 1.63. The lowest BCUT2D eigenvalue weighted by atomic mass is 10.2. The van der Waals surface area contributed by atoms with Crippen LogP contribution in [0.25, 0.3) is 11.4 Å². The molecule has 1 aromatic heterocycles. The van der Waals surface area contributed by atoms with Gasteiger partial charge < -0.3 is 5.32 Å². The standard InChI is InChI=1S/C15H14Br2FN3/c1-2-19-15-12(17)13(8-3-4-8)20-14(21-15)9-5-6-11(18)10(16)7-9/h5-8H,2-4H2,1H3,(H,19,20,21). The third-order valence-electron chi connectivity index (χ3n) is 3.36. The summed E-state index contributed by atoms with van der Waals surface area (Å²) in [6.07, 6.45) is 2.32. The van der Waals surface area contributed by atoms with Crippen LogP contribution in [0.2, 0.25) is 0 Å². The van der Waals surface area contributed by atoms with Crippen molar-refractivity contribution < 1.29 is 4.39 Å². The normalized spacial score (nSPS) is 14.3. The number of rotatable bonds is 4. The molecule has 0 spiro atoms. The van der Waals surface area contributed by atoms with Gasteiger partial charge in [-0.05, 0) is 69.8 Å². The summed E-state index contributed by atoms with van der Waals surface area (Å²) in [7, 11) is 0. The van der Waals surface area contributed by atoms with E-state index in [1.54, 1.807) is 12.1 Å². The monoisotopic (exact) mass is 413 g/mol. The fourth-order valence-electron chi connectivity index (χ4n) is 2.14. The van der Waals surface area contributed by atoms with Crippen LogP contribution in [0.1, 0.15) is 31.4 Å². The highest BCUT2D eigenvalue weighted by atomic mass is 79.9. The third kappa shape index (κ3) is 3.11. The lowest BCUT2D eigenvalue weighted by molar-refractivity contribution is 0.621. The first-order valence-corrected chi connectivity index (χ1v) is 8.45. The zero-order chi connectivity index (χ0) is 15.0. The number of aromatic nitrogens is 2. The maximum atomic E-state index is 13.4. The van der Waals surface area contributed by atoms with E-state index in [-0.39, 0.29) is 5.82 Å². The first-order chi connectivity index (χ1) is 10.1. The molecule has 0 bridgehead atoms.